The first-order valence-electron chi connectivity index (χ1n) is 8.26. The van der Waals surface area contributed by atoms with E-state index in [0.29, 0.717) is 25.4 Å². The van der Waals surface area contributed by atoms with Gasteiger partial charge in [0.05, 0.1) is 13.2 Å². The average Bonchev–Trinajstić information content (AvgIpc) is 2.49. The molecule has 4 nitrogen and oxygen atoms in total. The van der Waals surface area contributed by atoms with Gasteiger partial charge in [-0.2, -0.15) is 0 Å². The van der Waals surface area contributed by atoms with Gasteiger partial charge in [-0.05, 0) is 44.9 Å². The van der Waals surface area contributed by atoms with E-state index in [2.05, 4.69) is 19.2 Å². The molecule has 1 atom stereocenters. The molecular formula is C18H29NO3. The molecular weight excluding hydrogens is 278 g/mol. The summed E-state index contributed by atoms with van der Waals surface area (Å²) in [7, 11) is 0. The number of nitrogens with one attached hydrogen (secondary N) is 1. The van der Waals surface area contributed by atoms with E-state index in [1.165, 1.54) is 0 Å². The lowest BCUT2D eigenvalue weighted by atomic mass is 10.1. The number of hydrogen-bond acceptors (Lipinski definition) is 3. The number of carbonyl (C=O) groups excluding carboxylic acids is 1. The summed E-state index contributed by atoms with van der Waals surface area (Å²) in [6, 6.07) is 5.72. The Morgan fingerprint density at radius 1 is 1.23 bits per heavy atom. The number of rotatable bonds is 10. The standard InChI is InChI=1S/C18H29NO3/c1-5-8-14(4)19-18(20)15-9-10-17(22-7-3)16(12-15)13-21-11-6-2/h9-10,12,14H,5-8,11,13H2,1-4H3,(H,19,20). The molecule has 1 unspecified atom stereocenters. The second-order valence-electron chi connectivity index (χ2n) is 5.47. The molecule has 4 heteroatoms. The van der Waals surface area contributed by atoms with E-state index in [1.807, 2.05) is 32.0 Å². The van der Waals surface area contributed by atoms with Gasteiger partial charge in [0.1, 0.15) is 5.75 Å². The monoisotopic (exact) mass is 307 g/mol. The van der Waals surface area contributed by atoms with Crippen LogP contribution in [-0.2, 0) is 11.3 Å². The summed E-state index contributed by atoms with van der Waals surface area (Å²) in [6.07, 6.45) is 3.01. The summed E-state index contributed by atoms with van der Waals surface area (Å²) in [5.41, 5.74) is 1.58. The molecule has 0 bridgehead atoms. The molecule has 22 heavy (non-hydrogen) atoms. The first kappa shape index (κ1) is 18.5. The fraction of sp³-hybridized carbons (Fsp3) is 0.611. The molecule has 0 radical (unpaired) electrons. The number of carbonyl (C=O) groups is 1. The molecule has 1 aromatic rings. The van der Waals surface area contributed by atoms with Crippen LogP contribution in [0.25, 0.3) is 0 Å². The lowest BCUT2D eigenvalue weighted by Gasteiger charge is -2.15. The van der Waals surface area contributed by atoms with Gasteiger partial charge in [-0.15, -0.1) is 0 Å². The van der Waals surface area contributed by atoms with Gasteiger partial charge in [-0.25, -0.2) is 0 Å². The summed E-state index contributed by atoms with van der Waals surface area (Å²) in [6.45, 7) is 9.93. The van der Waals surface area contributed by atoms with Crippen LogP contribution in [0.3, 0.4) is 0 Å². The number of amides is 1. The average molecular weight is 307 g/mol. The zero-order chi connectivity index (χ0) is 16.4. The van der Waals surface area contributed by atoms with E-state index >= 15 is 0 Å². The van der Waals surface area contributed by atoms with Crippen LogP contribution in [0.4, 0.5) is 0 Å². The maximum absolute atomic E-state index is 12.3. The van der Waals surface area contributed by atoms with Crippen molar-refractivity contribution in [1.29, 1.82) is 0 Å². The fourth-order valence-corrected chi connectivity index (χ4v) is 2.27. The Bertz CT molecular complexity index is 460. The van der Waals surface area contributed by atoms with Gasteiger partial charge in [0, 0.05) is 23.8 Å². The molecule has 0 saturated carbocycles. The van der Waals surface area contributed by atoms with Gasteiger partial charge in [0.15, 0.2) is 0 Å². The third-order valence-electron chi connectivity index (χ3n) is 3.33. The van der Waals surface area contributed by atoms with E-state index in [0.717, 1.165) is 30.6 Å². The van der Waals surface area contributed by atoms with E-state index in [1.54, 1.807) is 0 Å². The number of ether oxygens (including phenoxy) is 2. The highest BCUT2D eigenvalue weighted by molar-refractivity contribution is 5.94. The molecule has 0 spiro atoms. The molecule has 0 saturated heterocycles. The second kappa shape index (κ2) is 10.2. The molecule has 0 fully saturated rings. The predicted octanol–water partition coefficient (Wildman–Crippen LogP) is 3.93. The van der Waals surface area contributed by atoms with Crippen LogP contribution in [-0.4, -0.2) is 25.2 Å². The van der Waals surface area contributed by atoms with Crippen LogP contribution < -0.4 is 10.1 Å². The van der Waals surface area contributed by atoms with Crippen LogP contribution in [0.15, 0.2) is 18.2 Å². The Morgan fingerprint density at radius 2 is 2.00 bits per heavy atom. The van der Waals surface area contributed by atoms with Gasteiger partial charge in [-0.3, -0.25) is 4.79 Å². The maximum Gasteiger partial charge on any atom is 0.251 e. The van der Waals surface area contributed by atoms with Crippen molar-refractivity contribution in [3.8, 4) is 5.75 Å². The van der Waals surface area contributed by atoms with E-state index in [4.69, 9.17) is 9.47 Å². The van der Waals surface area contributed by atoms with Gasteiger partial charge in [0.25, 0.3) is 5.91 Å². The highest BCUT2D eigenvalue weighted by Gasteiger charge is 2.12. The van der Waals surface area contributed by atoms with Gasteiger partial charge >= 0.3 is 0 Å². The second-order valence-corrected chi connectivity index (χ2v) is 5.47. The van der Waals surface area contributed by atoms with Crippen LogP contribution >= 0.6 is 0 Å². The molecule has 124 valence electrons. The van der Waals surface area contributed by atoms with Crippen molar-refractivity contribution in [2.45, 2.75) is 59.6 Å². The van der Waals surface area contributed by atoms with Crippen LogP contribution in [0, 0.1) is 0 Å². The zero-order valence-corrected chi connectivity index (χ0v) is 14.3. The summed E-state index contributed by atoms with van der Waals surface area (Å²) in [4.78, 5) is 12.3. The molecule has 0 aliphatic rings. The zero-order valence-electron chi connectivity index (χ0n) is 14.3. The summed E-state index contributed by atoms with van der Waals surface area (Å²) >= 11 is 0. The van der Waals surface area contributed by atoms with E-state index in [9.17, 15) is 4.79 Å². The minimum absolute atomic E-state index is 0.0410. The topological polar surface area (TPSA) is 47.6 Å². The fourth-order valence-electron chi connectivity index (χ4n) is 2.27. The molecule has 1 aromatic carbocycles. The smallest absolute Gasteiger partial charge is 0.251 e. The number of benzene rings is 1. The quantitative estimate of drug-likeness (QED) is 0.666. The normalized spacial score (nSPS) is 12.0. The van der Waals surface area contributed by atoms with Crippen molar-refractivity contribution < 1.29 is 14.3 Å². The molecule has 1 N–H and O–H groups in total. The summed E-state index contributed by atoms with van der Waals surface area (Å²) < 4.78 is 11.2. The SMILES string of the molecule is CCCOCc1cc(C(=O)NC(C)CCC)ccc1OCC. The molecule has 0 heterocycles. The van der Waals surface area contributed by atoms with Gasteiger partial charge in [0.2, 0.25) is 0 Å². The third kappa shape index (κ3) is 6.06. The largest absolute Gasteiger partial charge is 0.494 e. The Kier molecular flexibility index (Phi) is 8.60. The molecule has 0 aromatic heterocycles. The van der Waals surface area contributed by atoms with Crippen LogP contribution in [0.1, 0.15) is 62.9 Å². The predicted molar refractivity (Wildman–Crippen MR) is 89.4 cm³/mol. The summed E-state index contributed by atoms with van der Waals surface area (Å²) in [5.74, 6) is 0.748. The first-order valence-corrected chi connectivity index (χ1v) is 8.26. The van der Waals surface area contributed by atoms with Crippen molar-refractivity contribution >= 4 is 5.91 Å². The van der Waals surface area contributed by atoms with Gasteiger partial charge in [-0.1, -0.05) is 20.3 Å². The van der Waals surface area contributed by atoms with Crippen LogP contribution in [0.5, 0.6) is 5.75 Å². The molecule has 0 aliphatic carbocycles. The van der Waals surface area contributed by atoms with Crippen LogP contribution in [0.2, 0.25) is 0 Å². The Hall–Kier alpha value is -1.55. The minimum atomic E-state index is -0.0410. The van der Waals surface area contributed by atoms with Gasteiger partial charge < -0.3 is 14.8 Å². The Labute approximate surface area is 134 Å². The van der Waals surface area contributed by atoms with E-state index < -0.39 is 0 Å². The van der Waals surface area contributed by atoms with Crippen molar-refractivity contribution in [3.05, 3.63) is 29.3 Å². The first-order chi connectivity index (χ1) is 10.6. The summed E-state index contributed by atoms with van der Waals surface area (Å²) in [5, 5.41) is 3.02. The number of hydrogen-bond donors (Lipinski definition) is 1. The molecule has 1 rings (SSSR count). The maximum atomic E-state index is 12.3. The minimum Gasteiger partial charge on any atom is -0.494 e. The highest BCUT2D eigenvalue weighted by Crippen LogP contribution is 2.21. The molecule has 1 amide bonds. The Morgan fingerprint density at radius 3 is 2.64 bits per heavy atom. The van der Waals surface area contributed by atoms with Crippen molar-refractivity contribution in [2.24, 2.45) is 0 Å². The molecule has 0 aliphatic heterocycles. The Balaban J connectivity index is 2.82. The van der Waals surface area contributed by atoms with E-state index in [-0.39, 0.29) is 11.9 Å². The lowest BCUT2D eigenvalue weighted by Crippen LogP contribution is -2.32. The third-order valence-corrected chi connectivity index (χ3v) is 3.33. The van der Waals surface area contributed by atoms with Crippen molar-refractivity contribution in [2.75, 3.05) is 13.2 Å². The highest BCUT2D eigenvalue weighted by atomic mass is 16.5. The van der Waals surface area contributed by atoms with Crippen molar-refractivity contribution in [3.63, 3.8) is 0 Å². The van der Waals surface area contributed by atoms with Crippen molar-refractivity contribution in [1.82, 2.24) is 5.32 Å². The lowest BCUT2D eigenvalue weighted by molar-refractivity contribution is 0.0937.